The van der Waals surface area contributed by atoms with Gasteiger partial charge in [0.2, 0.25) is 0 Å². The van der Waals surface area contributed by atoms with E-state index >= 15 is 0 Å². The highest BCUT2D eigenvalue weighted by atomic mass is 16.5. The minimum absolute atomic E-state index is 0.0494. The van der Waals surface area contributed by atoms with E-state index in [2.05, 4.69) is 17.3 Å². The van der Waals surface area contributed by atoms with Crippen LogP contribution in [0.1, 0.15) is 23.2 Å². The smallest absolute Gasteiger partial charge is 0.176 e. The third-order valence-corrected chi connectivity index (χ3v) is 3.78. The van der Waals surface area contributed by atoms with Crippen LogP contribution in [0.2, 0.25) is 0 Å². The summed E-state index contributed by atoms with van der Waals surface area (Å²) in [6.07, 6.45) is 2.17. The van der Waals surface area contributed by atoms with E-state index in [1.54, 1.807) is 32.4 Å². The molecule has 1 aliphatic rings. The largest absolute Gasteiger partial charge is 0.493 e. The average Bonchev–Trinajstić information content (AvgIpc) is 2.50. The van der Waals surface area contributed by atoms with Crippen LogP contribution < -0.4 is 14.8 Å². The molecule has 0 atom stereocenters. The second-order valence-corrected chi connectivity index (χ2v) is 5.44. The number of carbonyl (C=O) groups is 1. The van der Waals surface area contributed by atoms with Crippen LogP contribution in [0.4, 0.5) is 0 Å². The van der Waals surface area contributed by atoms with Gasteiger partial charge in [0, 0.05) is 18.7 Å². The van der Waals surface area contributed by atoms with Crippen LogP contribution in [0.15, 0.2) is 18.2 Å². The van der Waals surface area contributed by atoms with E-state index < -0.39 is 0 Å². The molecule has 21 heavy (non-hydrogen) atoms. The Hall–Kier alpha value is -1.59. The monoisotopic (exact) mass is 292 g/mol. The summed E-state index contributed by atoms with van der Waals surface area (Å²) in [6.45, 7) is 2.39. The van der Waals surface area contributed by atoms with Crippen LogP contribution in [0, 0.1) is 0 Å². The maximum absolute atomic E-state index is 12.0. The number of nitrogens with zero attached hydrogens (tertiary/aromatic N) is 1. The van der Waals surface area contributed by atoms with E-state index in [9.17, 15) is 4.79 Å². The average molecular weight is 292 g/mol. The number of Topliss-reactive ketones (excluding diaryl/α,β-unsaturated/α-hetero) is 1. The minimum Gasteiger partial charge on any atom is -0.493 e. The van der Waals surface area contributed by atoms with Gasteiger partial charge in [-0.2, -0.15) is 0 Å². The normalized spacial score (nSPS) is 16.7. The van der Waals surface area contributed by atoms with Crippen LogP contribution in [0.25, 0.3) is 0 Å². The van der Waals surface area contributed by atoms with Crippen molar-refractivity contribution in [2.24, 2.45) is 0 Å². The van der Waals surface area contributed by atoms with Gasteiger partial charge in [0.15, 0.2) is 17.3 Å². The van der Waals surface area contributed by atoms with Crippen LogP contribution in [-0.2, 0) is 0 Å². The maximum atomic E-state index is 12.0. The van der Waals surface area contributed by atoms with Gasteiger partial charge in [-0.05, 0) is 45.1 Å². The first kappa shape index (κ1) is 15.8. The Morgan fingerprint density at radius 1 is 1.33 bits per heavy atom. The number of carbonyl (C=O) groups excluding carboxylic acids is 1. The predicted molar refractivity (Wildman–Crippen MR) is 82.4 cm³/mol. The number of hydrogen-bond donors (Lipinski definition) is 1. The molecule has 0 aromatic heterocycles. The third kappa shape index (κ3) is 4.19. The lowest BCUT2D eigenvalue weighted by molar-refractivity contribution is 0.0988. The van der Waals surface area contributed by atoms with Gasteiger partial charge < -0.3 is 19.7 Å². The number of nitrogens with one attached hydrogen (secondary N) is 1. The molecule has 0 radical (unpaired) electrons. The standard InChI is InChI=1S/C16H24N2O3/c1-17-11-14(19)12-4-5-15(20-3)16(10-12)21-13-6-8-18(2)9-7-13/h4-5,10,13,17H,6-9,11H2,1-3H3. The molecule has 5 nitrogen and oxygen atoms in total. The van der Waals surface area contributed by atoms with E-state index in [-0.39, 0.29) is 11.9 Å². The maximum Gasteiger partial charge on any atom is 0.176 e. The quantitative estimate of drug-likeness (QED) is 0.807. The molecular weight excluding hydrogens is 268 g/mol. The summed E-state index contributed by atoms with van der Waals surface area (Å²) in [5, 5.41) is 2.87. The Morgan fingerprint density at radius 3 is 2.67 bits per heavy atom. The molecule has 0 saturated carbocycles. The molecule has 2 rings (SSSR count). The molecule has 1 N–H and O–H groups in total. The molecular formula is C16H24N2O3. The first-order valence-corrected chi connectivity index (χ1v) is 7.35. The van der Waals surface area contributed by atoms with Crippen molar-refractivity contribution in [2.75, 3.05) is 40.8 Å². The lowest BCUT2D eigenvalue weighted by Gasteiger charge is -2.29. The van der Waals surface area contributed by atoms with Gasteiger partial charge in [-0.3, -0.25) is 4.79 Å². The van der Waals surface area contributed by atoms with Gasteiger partial charge >= 0.3 is 0 Å². The van der Waals surface area contributed by atoms with Gasteiger partial charge in [-0.1, -0.05) is 0 Å². The fourth-order valence-corrected chi connectivity index (χ4v) is 2.49. The van der Waals surface area contributed by atoms with E-state index in [4.69, 9.17) is 9.47 Å². The molecule has 0 unspecified atom stereocenters. The predicted octanol–water partition coefficient (Wildman–Crippen LogP) is 1.57. The van der Waals surface area contributed by atoms with Gasteiger partial charge in [-0.15, -0.1) is 0 Å². The molecule has 1 heterocycles. The Balaban J connectivity index is 2.12. The summed E-state index contributed by atoms with van der Waals surface area (Å²) >= 11 is 0. The molecule has 0 bridgehead atoms. The van der Waals surface area contributed by atoms with Crippen molar-refractivity contribution in [3.05, 3.63) is 23.8 Å². The minimum atomic E-state index is 0.0494. The molecule has 116 valence electrons. The first-order chi connectivity index (χ1) is 10.1. The fourth-order valence-electron chi connectivity index (χ4n) is 2.49. The molecule has 1 aromatic carbocycles. The number of likely N-dealkylation sites (N-methyl/N-ethyl adjacent to an activating group) is 1. The van der Waals surface area contributed by atoms with Crippen molar-refractivity contribution in [1.82, 2.24) is 10.2 Å². The molecule has 1 aliphatic heterocycles. The van der Waals surface area contributed by atoms with Crippen molar-refractivity contribution < 1.29 is 14.3 Å². The number of hydrogen-bond acceptors (Lipinski definition) is 5. The van der Waals surface area contributed by atoms with Crippen molar-refractivity contribution in [3.63, 3.8) is 0 Å². The number of rotatable bonds is 6. The SMILES string of the molecule is CNCC(=O)c1ccc(OC)c(OC2CCN(C)CC2)c1. The van der Waals surface area contributed by atoms with Crippen LogP contribution in [0.5, 0.6) is 11.5 Å². The Labute approximate surface area is 126 Å². The number of methoxy groups -OCH3 is 1. The van der Waals surface area contributed by atoms with Crippen molar-refractivity contribution in [1.29, 1.82) is 0 Å². The Kier molecular flexibility index (Phi) is 5.59. The Bertz CT molecular complexity index is 482. The summed E-state index contributed by atoms with van der Waals surface area (Å²) < 4.78 is 11.4. The van der Waals surface area contributed by atoms with Gasteiger partial charge in [0.05, 0.1) is 13.7 Å². The summed E-state index contributed by atoms with van der Waals surface area (Å²) in [7, 11) is 5.50. The van der Waals surface area contributed by atoms with Crippen molar-refractivity contribution >= 4 is 5.78 Å². The van der Waals surface area contributed by atoms with Gasteiger partial charge in [0.25, 0.3) is 0 Å². The molecule has 1 aromatic rings. The lowest BCUT2D eigenvalue weighted by atomic mass is 10.1. The summed E-state index contributed by atoms with van der Waals surface area (Å²) in [4.78, 5) is 14.3. The van der Waals surface area contributed by atoms with Gasteiger partial charge in [-0.25, -0.2) is 0 Å². The molecule has 5 heteroatoms. The summed E-state index contributed by atoms with van der Waals surface area (Å²) in [5.41, 5.74) is 0.646. The number of benzene rings is 1. The Morgan fingerprint density at radius 2 is 2.05 bits per heavy atom. The highest BCUT2D eigenvalue weighted by Crippen LogP contribution is 2.30. The number of piperidine rings is 1. The molecule has 0 spiro atoms. The van der Waals surface area contributed by atoms with Crippen LogP contribution in [0.3, 0.4) is 0 Å². The van der Waals surface area contributed by atoms with Crippen LogP contribution in [-0.4, -0.2) is 57.6 Å². The first-order valence-electron chi connectivity index (χ1n) is 7.35. The highest BCUT2D eigenvalue weighted by molar-refractivity contribution is 5.98. The second kappa shape index (κ2) is 7.43. The van der Waals surface area contributed by atoms with E-state index in [1.807, 2.05) is 0 Å². The fraction of sp³-hybridized carbons (Fsp3) is 0.562. The topological polar surface area (TPSA) is 50.8 Å². The van der Waals surface area contributed by atoms with E-state index in [0.717, 1.165) is 25.9 Å². The zero-order valence-corrected chi connectivity index (χ0v) is 13.0. The summed E-state index contributed by atoms with van der Waals surface area (Å²) in [5.74, 6) is 1.39. The number of ketones is 1. The van der Waals surface area contributed by atoms with Gasteiger partial charge in [0.1, 0.15) is 6.10 Å². The second-order valence-electron chi connectivity index (χ2n) is 5.44. The molecule has 1 saturated heterocycles. The zero-order valence-electron chi connectivity index (χ0n) is 13.0. The molecule has 0 amide bonds. The lowest BCUT2D eigenvalue weighted by Crippen LogP contribution is -2.35. The highest BCUT2D eigenvalue weighted by Gasteiger charge is 2.20. The zero-order chi connectivity index (χ0) is 15.2. The van der Waals surface area contributed by atoms with E-state index in [0.29, 0.717) is 23.6 Å². The number of ether oxygens (including phenoxy) is 2. The van der Waals surface area contributed by atoms with E-state index in [1.165, 1.54) is 0 Å². The molecule has 0 aliphatic carbocycles. The van der Waals surface area contributed by atoms with Crippen molar-refractivity contribution in [2.45, 2.75) is 18.9 Å². The van der Waals surface area contributed by atoms with Crippen molar-refractivity contribution in [3.8, 4) is 11.5 Å². The van der Waals surface area contributed by atoms with Crippen LogP contribution >= 0.6 is 0 Å². The number of likely N-dealkylation sites (tertiary alicyclic amines) is 1. The summed E-state index contributed by atoms with van der Waals surface area (Å²) in [6, 6.07) is 5.37. The molecule has 1 fully saturated rings. The third-order valence-electron chi connectivity index (χ3n) is 3.78.